The molecule has 5 nitrogen and oxygen atoms in total. The van der Waals surface area contributed by atoms with Gasteiger partial charge in [0.1, 0.15) is 12.4 Å². The number of rotatable bonds is 5. The molecule has 7 heteroatoms. The minimum Gasteiger partial charge on any atom is -0.487 e. The van der Waals surface area contributed by atoms with Gasteiger partial charge < -0.3 is 4.74 Å². The maximum absolute atomic E-state index is 12.1. The highest BCUT2D eigenvalue weighted by Crippen LogP contribution is 2.30. The molecule has 130 valence electrons. The van der Waals surface area contributed by atoms with Crippen LogP contribution in [-0.4, -0.2) is 10.9 Å². The van der Waals surface area contributed by atoms with Gasteiger partial charge in [0.25, 0.3) is 0 Å². The average molecular weight is 384 g/mol. The van der Waals surface area contributed by atoms with E-state index < -0.39 is 0 Å². The maximum Gasteiger partial charge on any atom is 0.230 e. The van der Waals surface area contributed by atoms with Crippen molar-refractivity contribution in [2.75, 3.05) is 4.90 Å². The van der Waals surface area contributed by atoms with Crippen LogP contribution in [0.25, 0.3) is 0 Å². The van der Waals surface area contributed by atoms with Crippen LogP contribution in [0.1, 0.15) is 18.2 Å². The summed E-state index contributed by atoms with van der Waals surface area (Å²) in [5, 5.41) is 11.9. The van der Waals surface area contributed by atoms with E-state index in [2.05, 4.69) is 11.1 Å². The minimum atomic E-state index is -0.157. The quantitative estimate of drug-likeness (QED) is 0.626. The Bertz CT molecular complexity index is 981. The molecule has 0 saturated heterocycles. The Morgan fingerprint density at radius 3 is 2.85 bits per heavy atom. The third-order valence-electron chi connectivity index (χ3n) is 3.46. The largest absolute Gasteiger partial charge is 0.487 e. The predicted molar refractivity (Wildman–Crippen MR) is 102 cm³/mol. The zero-order valence-corrected chi connectivity index (χ0v) is 15.4. The number of hydrogen-bond donors (Lipinski definition) is 0. The molecule has 0 spiro atoms. The van der Waals surface area contributed by atoms with Crippen molar-refractivity contribution in [1.29, 1.82) is 5.26 Å². The SMILES string of the molecule is CC(=O)N(c1cccc(Cl)c1)c1nc(COc2cccc(C#N)c2)cs1. The van der Waals surface area contributed by atoms with Crippen molar-refractivity contribution >= 4 is 39.7 Å². The van der Waals surface area contributed by atoms with Crippen molar-refractivity contribution in [3.63, 3.8) is 0 Å². The molecule has 0 aliphatic carbocycles. The Hall–Kier alpha value is -2.88. The van der Waals surface area contributed by atoms with Gasteiger partial charge in [0.2, 0.25) is 5.91 Å². The lowest BCUT2D eigenvalue weighted by molar-refractivity contribution is -0.115. The zero-order chi connectivity index (χ0) is 18.5. The molecule has 1 aromatic heterocycles. The highest BCUT2D eigenvalue weighted by Gasteiger charge is 2.18. The van der Waals surface area contributed by atoms with Crippen molar-refractivity contribution in [1.82, 2.24) is 4.98 Å². The third kappa shape index (κ3) is 4.20. The van der Waals surface area contributed by atoms with Crippen LogP contribution in [-0.2, 0) is 11.4 Å². The van der Waals surface area contributed by atoms with E-state index in [1.807, 2.05) is 5.38 Å². The molecule has 2 aromatic carbocycles. The van der Waals surface area contributed by atoms with Crippen molar-refractivity contribution in [2.45, 2.75) is 13.5 Å². The molecule has 0 atom stereocenters. The summed E-state index contributed by atoms with van der Waals surface area (Å²) in [7, 11) is 0. The van der Waals surface area contributed by atoms with Crippen molar-refractivity contribution < 1.29 is 9.53 Å². The van der Waals surface area contributed by atoms with Gasteiger partial charge in [0, 0.05) is 17.3 Å². The number of amides is 1. The lowest BCUT2D eigenvalue weighted by Crippen LogP contribution is -2.22. The van der Waals surface area contributed by atoms with Crippen LogP contribution in [0.2, 0.25) is 5.02 Å². The number of ether oxygens (including phenoxy) is 1. The Morgan fingerprint density at radius 1 is 1.31 bits per heavy atom. The molecule has 0 bridgehead atoms. The van der Waals surface area contributed by atoms with E-state index in [1.165, 1.54) is 23.2 Å². The van der Waals surface area contributed by atoms with Crippen molar-refractivity contribution in [3.05, 3.63) is 70.2 Å². The molecule has 1 heterocycles. The molecule has 26 heavy (non-hydrogen) atoms. The number of carbonyl (C=O) groups is 1. The molecule has 1 amide bonds. The van der Waals surface area contributed by atoms with Crippen LogP contribution in [0, 0.1) is 11.3 Å². The topological polar surface area (TPSA) is 66.2 Å². The van der Waals surface area contributed by atoms with Gasteiger partial charge in [-0.25, -0.2) is 4.98 Å². The number of aromatic nitrogens is 1. The number of halogens is 1. The number of anilines is 2. The second kappa shape index (κ2) is 8.00. The molecule has 0 radical (unpaired) electrons. The molecular formula is C19H14ClN3O2S. The fourth-order valence-electron chi connectivity index (χ4n) is 2.32. The number of nitrogens with zero attached hydrogens (tertiary/aromatic N) is 3. The standard InChI is InChI=1S/C19H14ClN3O2S/c1-13(24)23(17-6-3-5-15(20)9-17)19-22-16(12-26-19)11-25-18-7-2-4-14(8-18)10-21/h2-9,12H,11H2,1H3. The first kappa shape index (κ1) is 17.9. The Labute approximate surface area is 160 Å². The fourth-order valence-corrected chi connectivity index (χ4v) is 3.38. The molecule has 0 aliphatic heterocycles. The second-order valence-electron chi connectivity index (χ2n) is 5.38. The molecule has 0 saturated carbocycles. The van der Waals surface area contributed by atoms with Gasteiger partial charge in [-0.2, -0.15) is 5.26 Å². The zero-order valence-electron chi connectivity index (χ0n) is 13.8. The van der Waals surface area contributed by atoms with Crippen LogP contribution < -0.4 is 9.64 Å². The summed E-state index contributed by atoms with van der Waals surface area (Å²) in [6.45, 7) is 1.72. The molecule has 0 aliphatic rings. The Balaban J connectivity index is 1.77. The summed E-state index contributed by atoms with van der Waals surface area (Å²) in [6, 6.07) is 16.0. The predicted octanol–water partition coefficient (Wildman–Crippen LogP) is 4.93. The van der Waals surface area contributed by atoms with Crippen LogP contribution in [0.3, 0.4) is 0 Å². The summed E-state index contributed by atoms with van der Waals surface area (Å²) in [5.41, 5.74) is 1.89. The number of benzene rings is 2. The van der Waals surface area contributed by atoms with E-state index >= 15 is 0 Å². The van der Waals surface area contributed by atoms with Crippen LogP contribution in [0.5, 0.6) is 5.75 Å². The maximum atomic E-state index is 12.1. The van der Waals surface area contributed by atoms with Crippen molar-refractivity contribution in [3.8, 4) is 11.8 Å². The van der Waals surface area contributed by atoms with Gasteiger partial charge in [-0.1, -0.05) is 23.7 Å². The Morgan fingerprint density at radius 2 is 2.12 bits per heavy atom. The third-order valence-corrected chi connectivity index (χ3v) is 4.57. The fraction of sp³-hybridized carbons (Fsp3) is 0.105. The van der Waals surface area contributed by atoms with Crippen molar-refractivity contribution in [2.24, 2.45) is 0 Å². The minimum absolute atomic E-state index is 0.157. The van der Waals surface area contributed by atoms with Gasteiger partial charge >= 0.3 is 0 Å². The van der Waals surface area contributed by atoms with E-state index in [-0.39, 0.29) is 12.5 Å². The monoisotopic (exact) mass is 383 g/mol. The van der Waals surface area contributed by atoms with Gasteiger partial charge in [0.15, 0.2) is 5.13 Å². The molecule has 3 aromatic rings. The first-order chi connectivity index (χ1) is 12.6. The van der Waals surface area contributed by atoms with E-state index in [0.29, 0.717) is 32.8 Å². The average Bonchev–Trinajstić information content (AvgIpc) is 3.08. The van der Waals surface area contributed by atoms with E-state index in [1.54, 1.807) is 48.5 Å². The van der Waals surface area contributed by atoms with Gasteiger partial charge in [-0.3, -0.25) is 9.69 Å². The number of nitriles is 1. The normalized spacial score (nSPS) is 10.2. The smallest absolute Gasteiger partial charge is 0.230 e. The second-order valence-corrected chi connectivity index (χ2v) is 6.66. The highest BCUT2D eigenvalue weighted by atomic mass is 35.5. The van der Waals surface area contributed by atoms with Crippen LogP contribution >= 0.6 is 22.9 Å². The lowest BCUT2D eigenvalue weighted by Gasteiger charge is -2.18. The summed E-state index contributed by atoms with van der Waals surface area (Å²) in [4.78, 5) is 18.1. The molecular weight excluding hydrogens is 370 g/mol. The first-order valence-corrected chi connectivity index (χ1v) is 8.96. The summed E-state index contributed by atoms with van der Waals surface area (Å²) in [5.74, 6) is 0.438. The highest BCUT2D eigenvalue weighted by molar-refractivity contribution is 7.14. The summed E-state index contributed by atoms with van der Waals surface area (Å²) >= 11 is 7.38. The van der Waals surface area contributed by atoms with Crippen LogP contribution in [0.4, 0.5) is 10.8 Å². The van der Waals surface area contributed by atoms with Gasteiger partial charge in [-0.05, 0) is 36.4 Å². The molecule has 0 fully saturated rings. The molecule has 0 unspecified atom stereocenters. The lowest BCUT2D eigenvalue weighted by atomic mass is 10.2. The van der Waals surface area contributed by atoms with E-state index in [4.69, 9.17) is 21.6 Å². The summed E-state index contributed by atoms with van der Waals surface area (Å²) in [6.07, 6.45) is 0. The van der Waals surface area contributed by atoms with E-state index in [9.17, 15) is 4.79 Å². The van der Waals surface area contributed by atoms with Crippen LogP contribution in [0.15, 0.2) is 53.9 Å². The Kier molecular flexibility index (Phi) is 5.52. The summed E-state index contributed by atoms with van der Waals surface area (Å²) < 4.78 is 5.68. The van der Waals surface area contributed by atoms with E-state index in [0.717, 1.165) is 0 Å². The number of hydrogen-bond acceptors (Lipinski definition) is 5. The van der Waals surface area contributed by atoms with Gasteiger partial charge in [-0.15, -0.1) is 11.3 Å². The number of thiazole rings is 1. The first-order valence-electron chi connectivity index (χ1n) is 7.70. The molecule has 0 N–H and O–H groups in total. The molecule has 3 rings (SSSR count). The number of carbonyl (C=O) groups excluding carboxylic acids is 1. The van der Waals surface area contributed by atoms with Gasteiger partial charge in [0.05, 0.1) is 23.0 Å².